The van der Waals surface area contributed by atoms with Crippen LogP contribution < -0.4 is 0 Å². The van der Waals surface area contributed by atoms with Crippen LogP contribution >= 0.6 is 22.6 Å². The molecular weight excluding hydrogens is 347 g/mol. The van der Waals surface area contributed by atoms with Crippen molar-refractivity contribution in [2.75, 3.05) is 0 Å². The second kappa shape index (κ2) is 4.89. The molecule has 0 spiro atoms. The highest BCUT2D eigenvalue weighted by Crippen LogP contribution is 2.48. The van der Waals surface area contributed by atoms with Gasteiger partial charge >= 0.3 is 0 Å². The molecule has 0 N–H and O–H groups in total. The highest BCUT2D eigenvalue weighted by molar-refractivity contribution is 14.1. The molecule has 100 valence electrons. The normalized spacial score (nSPS) is 18.2. The largest absolute Gasteiger partial charge is 0.293 e. The number of rotatable bonds is 2. The summed E-state index contributed by atoms with van der Waals surface area (Å²) in [5.74, 6) is 0.212. The molecule has 0 atom stereocenters. The Morgan fingerprint density at radius 1 is 1.00 bits per heavy atom. The number of carbonyl (C=O) groups is 1. The minimum absolute atomic E-state index is 0.212. The van der Waals surface area contributed by atoms with E-state index in [-0.39, 0.29) is 5.78 Å². The van der Waals surface area contributed by atoms with E-state index in [1.54, 1.807) is 0 Å². The first-order valence-electron chi connectivity index (χ1n) is 6.47. The van der Waals surface area contributed by atoms with Gasteiger partial charge in [-0.2, -0.15) is 0 Å². The van der Waals surface area contributed by atoms with Crippen molar-refractivity contribution in [1.82, 2.24) is 0 Å². The smallest absolute Gasteiger partial charge is 0.177 e. The number of Topliss-reactive ketones (excluding diaryl/α,β-unsaturated/α-hetero) is 1. The molecule has 0 aliphatic heterocycles. The molecular formula is C17H19IO. The van der Waals surface area contributed by atoms with Gasteiger partial charge in [0, 0.05) is 9.13 Å². The van der Waals surface area contributed by atoms with E-state index in [1.807, 2.05) is 24.3 Å². The monoisotopic (exact) mass is 366 g/mol. The molecule has 0 saturated carbocycles. The lowest BCUT2D eigenvalue weighted by Gasteiger charge is -2.28. The van der Waals surface area contributed by atoms with Crippen LogP contribution in [0.1, 0.15) is 45.0 Å². The van der Waals surface area contributed by atoms with Crippen LogP contribution in [0.15, 0.2) is 46.6 Å². The number of hydrogen-bond acceptors (Lipinski definition) is 1. The molecule has 0 heterocycles. The van der Waals surface area contributed by atoms with Crippen molar-refractivity contribution in [3.05, 3.63) is 55.7 Å². The quantitative estimate of drug-likeness (QED) is 0.522. The molecule has 19 heavy (non-hydrogen) atoms. The zero-order chi connectivity index (χ0) is 14.4. The van der Waals surface area contributed by atoms with Crippen molar-refractivity contribution in [2.24, 2.45) is 5.41 Å². The number of halogens is 1. The summed E-state index contributed by atoms with van der Waals surface area (Å²) >= 11 is 2.24. The summed E-state index contributed by atoms with van der Waals surface area (Å²) in [6.07, 6.45) is 0. The highest BCUT2D eigenvalue weighted by atomic mass is 127. The Morgan fingerprint density at radius 2 is 1.47 bits per heavy atom. The number of hydrogen-bond donors (Lipinski definition) is 0. The van der Waals surface area contributed by atoms with Gasteiger partial charge in [-0.05, 0) is 74.4 Å². The maximum Gasteiger partial charge on any atom is 0.177 e. The average Bonchev–Trinajstić information content (AvgIpc) is 2.55. The molecule has 0 aromatic heterocycles. The summed E-state index contributed by atoms with van der Waals surface area (Å²) in [7, 11) is 0. The maximum absolute atomic E-state index is 13.0. The van der Waals surface area contributed by atoms with Crippen molar-refractivity contribution in [3.8, 4) is 0 Å². The van der Waals surface area contributed by atoms with E-state index in [2.05, 4.69) is 57.2 Å². The van der Waals surface area contributed by atoms with Crippen molar-refractivity contribution >= 4 is 28.4 Å². The first kappa shape index (κ1) is 14.5. The van der Waals surface area contributed by atoms with Gasteiger partial charge in [-0.3, -0.25) is 4.79 Å². The van der Waals surface area contributed by atoms with E-state index in [0.29, 0.717) is 0 Å². The van der Waals surface area contributed by atoms with Crippen LogP contribution in [0.3, 0.4) is 0 Å². The standard InChI is InChI=1S/C17H19IO/c1-10-11(2)13(4)17(5,12(10)3)16(19)14-8-6-7-9-15(14)18/h6-9H,1-5H3. The van der Waals surface area contributed by atoms with E-state index < -0.39 is 5.41 Å². The van der Waals surface area contributed by atoms with Crippen molar-refractivity contribution < 1.29 is 4.79 Å². The van der Waals surface area contributed by atoms with Gasteiger partial charge in [-0.25, -0.2) is 0 Å². The molecule has 1 aliphatic carbocycles. The third kappa shape index (κ3) is 2.00. The fraction of sp³-hybridized carbons (Fsp3) is 0.353. The molecule has 0 radical (unpaired) electrons. The van der Waals surface area contributed by atoms with Gasteiger partial charge in [0.2, 0.25) is 0 Å². The van der Waals surface area contributed by atoms with Crippen LogP contribution in [0.2, 0.25) is 0 Å². The van der Waals surface area contributed by atoms with E-state index >= 15 is 0 Å². The van der Waals surface area contributed by atoms with Crippen LogP contribution in [0.5, 0.6) is 0 Å². The summed E-state index contributed by atoms with van der Waals surface area (Å²) in [5.41, 5.74) is 5.25. The fourth-order valence-corrected chi connectivity index (χ4v) is 3.48. The molecule has 1 nitrogen and oxygen atoms in total. The lowest BCUT2D eigenvalue weighted by molar-refractivity contribution is 0.0891. The zero-order valence-electron chi connectivity index (χ0n) is 12.1. The predicted molar refractivity (Wildman–Crippen MR) is 88.3 cm³/mol. The average molecular weight is 366 g/mol. The van der Waals surface area contributed by atoms with Crippen molar-refractivity contribution in [3.63, 3.8) is 0 Å². The lowest BCUT2D eigenvalue weighted by atomic mass is 9.73. The summed E-state index contributed by atoms with van der Waals surface area (Å²) in [4.78, 5) is 13.0. The predicted octanol–water partition coefficient (Wildman–Crippen LogP) is 5.17. The zero-order valence-corrected chi connectivity index (χ0v) is 14.3. The Labute approximate surface area is 128 Å². The Kier molecular flexibility index (Phi) is 3.74. The van der Waals surface area contributed by atoms with Gasteiger partial charge in [0.05, 0.1) is 5.41 Å². The van der Waals surface area contributed by atoms with Crippen LogP contribution in [0.25, 0.3) is 0 Å². The van der Waals surface area contributed by atoms with Crippen molar-refractivity contribution in [2.45, 2.75) is 34.6 Å². The van der Waals surface area contributed by atoms with Gasteiger partial charge in [-0.15, -0.1) is 0 Å². The van der Waals surface area contributed by atoms with E-state index in [0.717, 1.165) is 9.13 Å². The van der Waals surface area contributed by atoms with Gasteiger partial charge in [0.1, 0.15) is 0 Å². The molecule has 2 rings (SSSR count). The molecule has 0 fully saturated rings. The summed E-state index contributed by atoms with van der Waals surface area (Å²) in [6.45, 7) is 10.5. The SMILES string of the molecule is CC1=C(C)C(C)(C(=O)c2ccccc2I)C(C)=C1C. The minimum atomic E-state index is -0.477. The Hall–Kier alpha value is -0.900. The van der Waals surface area contributed by atoms with Gasteiger partial charge in [0.25, 0.3) is 0 Å². The number of benzene rings is 1. The Balaban J connectivity index is 2.60. The molecule has 0 amide bonds. The van der Waals surface area contributed by atoms with E-state index in [1.165, 1.54) is 22.3 Å². The van der Waals surface area contributed by atoms with Crippen LogP contribution in [-0.4, -0.2) is 5.78 Å². The van der Waals surface area contributed by atoms with Crippen LogP contribution in [0, 0.1) is 8.99 Å². The molecule has 1 aromatic rings. The second-order valence-electron chi connectivity index (χ2n) is 5.43. The first-order valence-corrected chi connectivity index (χ1v) is 7.55. The Bertz CT molecular complexity index is 596. The minimum Gasteiger partial charge on any atom is -0.293 e. The lowest BCUT2D eigenvalue weighted by Crippen LogP contribution is -2.29. The second-order valence-corrected chi connectivity index (χ2v) is 6.60. The van der Waals surface area contributed by atoms with E-state index in [4.69, 9.17) is 0 Å². The molecule has 0 bridgehead atoms. The Morgan fingerprint density at radius 3 is 1.95 bits per heavy atom. The van der Waals surface area contributed by atoms with E-state index in [9.17, 15) is 4.79 Å². The molecule has 0 unspecified atom stereocenters. The van der Waals surface area contributed by atoms with Crippen LogP contribution in [0.4, 0.5) is 0 Å². The summed E-state index contributed by atoms with van der Waals surface area (Å²) < 4.78 is 1.02. The van der Waals surface area contributed by atoms with Crippen LogP contribution in [-0.2, 0) is 0 Å². The number of carbonyl (C=O) groups excluding carboxylic acids is 1. The molecule has 1 aromatic carbocycles. The molecule has 1 aliphatic rings. The first-order chi connectivity index (χ1) is 8.81. The fourth-order valence-electron chi connectivity index (χ4n) is 2.85. The van der Waals surface area contributed by atoms with Gasteiger partial charge in [0.15, 0.2) is 5.78 Å². The maximum atomic E-state index is 13.0. The third-order valence-electron chi connectivity index (χ3n) is 4.76. The molecule has 2 heteroatoms. The topological polar surface area (TPSA) is 17.1 Å². The highest BCUT2D eigenvalue weighted by Gasteiger charge is 2.43. The number of allylic oxidation sites excluding steroid dienone is 4. The summed E-state index contributed by atoms with van der Waals surface area (Å²) in [5, 5.41) is 0. The number of ketones is 1. The molecule has 0 saturated heterocycles. The summed E-state index contributed by atoms with van der Waals surface area (Å²) in [6, 6.07) is 7.83. The van der Waals surface area contributed by atoms with Crippen molar-refractivity contribution in [1.29, 1.82) is 0 Å². The van der Waals surface area contributed by atoms with Gasteiger partial charge in [-0.1, -0.05) is 29.3 Å². The third-order valence-corrected chi connectivity index (χ3v) is 5.70. The van der Waals surface area contributed by atoms with Gasteiger partial charge < -0.3 is 0 Å².